The van der Waals surface area contributed by atoms with Gasteiger partial charge in [-0.05, 0) is 32.4 Å². The predicted molar refractivity (Wildman–Crippen MR) is 83.1 cm³/mol. The van der Waals surface area contributed by atoms with E-state index in [-0.39, 0.29) is 5.56 Å². The summed E-state index contributed by atoms with van der Waals surface area (Å²) in [6, 6.07) is 6.13. The van der Waals surface area contributed by atoms with Gasteiger partial charge in [0.15, 0.2) is 4.96 Å². The molecule has 4 nitrogen and oxygen atoms in total. The number of aryl methyl sites for hydroxylation is 1. The summed E-state index contributed by atoms with van der Waals surface area (Å²) in [4.78, 5) is 22.5. The molecular weight excluding hydrogens is 282 g/mol. The second-order valence-corrected chi connectivity index (χ2v) is 6.51. The molecule has 2 unspecified atom stereocenters. The van der Waals surface area contributed by atoms with Crippen molar-refractivity contribution in [3.8, 4) is 0 Å². The molecule has 106 valence electrons. The molecular formula is C16H15N3OS. The molecule has 3 heterocycles. The minimum atomic E-state index is 0.0547. The Bertz CT molecular complexity index is 896. The number of rotatable bonds is 2. The van der Waals surface area contributed by atoms with E-state index in [1.54, 1.807) is 10.6 Å². The van der Waals surface area contributed by atoms with Gasteiger partial charge in [0.2, 0.25) is 0 Å². The molecule has 0 spiro atoms. The highest BCUT2D eigenvalue weighted by Gasteiger charge is 2.43. The molecule has 1 aliphatic carbocycles. The number of fused-ring (bicyclic) bond motifs is 1. The Morgan fingerprint density at radius 2 is 2.10 bits per heavy atom. The molecule has 1 fully saturated rings. The number of aromatic nitrogens is 3. The van der Waals surface area contributed by atoms with Gasteiger partial charge in [-0.1, -0.05) is 6.07 Å². The summed E-state index contributed by atoms with van der Waals surface area (Å²) in [6.45, 7) is 3.89. The first kappa shape index (κ1) is 12.7. The molecule has 4 rings (SSSR count). The SMILES string of the molecule is Cc1cccc(C2CC2c2nc3sccn3c(=O)c2C)n1. The normalized spacial score (nSPS) is 20.9. The van der Waals surface area contributed by atoms with Crippen LogP contribution in [0.5, 0.6) is 0 Å². The summed E-state index contributed by atoms with van der Waals surface area (Å²) in [6.07, 6.45) is 2.82. The fourth-order valence-electron chi connectivity index (χ4n) is 2.94. The zero-order valence-electron chi connectivity index (χ0n) is 11.9. The Labute approximate surface area is 126 Å². The second kappa shape index (κ2) is 4.49. The van der Waals surface area contributed by atoms with E-state index in [1.165, 1.54) is 11.3 Å². The Morgan fingerprint density at radius 3 is 2.90 bits per heavy atom. The van der Waals surface area contributed by atoms with Gasteiger partial charge in [0, 0.05) is 40.4 Å². The largest absolute Gasteiger partial charge is 0.269 e. The van der Waals surface area contributed by atoms with Crippen LogP contribution < -0.4 is 5.56 Å². The lowest BCUT2D eigenvalue weighted by molar-refractivity contribution is 0.892. The zero-order valence-corrected chi connectivity index (χ0v) is 12.7. The quantitative estimate of drug-likeness (QED) is 0.730. The standard InChI is InChI=1S/C16H15N3OS/c1-9-4-3-5-13(17-9)11-8-12(11)14-10(2)15(20)19-6-7-21-16(19)18-14/h3-7,11-12H,8H2,1-2H3. The summed E-state index contributed by atoms with van der Waals surface area (Å²) in [7, 11) is 0. The Balaban J connectivity index is 1.76. The number of thiazole rings is 1. The zero-order chi connectivity index (χ0) is 14.6. The van der Waals surface area contributed by atoms with Gasteiger partial charge < -0.3 is 0 Å². The fraction of sp³-hybridized carbons (Fsp3) is 0.312. The van der Waals surface area contributed by atoms with E-state index < -0.39 is 0 Å². The molecule has 0 bridgehead atoms. The van der Waals surface area contributed by atoms with Crippen molar-refractivity contribution in [1.82, 2.24) is 14.4 Å². The van der Waals surface area contributed by atoms with Crippen LogP contribution in [0.1, 0.15) is 40.9 Å². The topological polar surface area (TPSA) is 47.3 Å². The minimum absolute atomic E-state index is 0.0547. The molecule has 1 saturated carbocycles. The van der Waals surface area contributed by atoms with E-state index in [0.717, 1.165) is 34.0 Å². The summed E-state index contributed by atoms with van der Waals surface area (Å²) in [5.74, 6) is 0.733. The second-order valence-electron chi connectivity index (χ2n) is 5.64. The molecule has 3 aromatic heterocycles. The third-order valence-corrected chi connectivity index (χ3v) is 4.92. The number of nitrogens with zero attached hydrogens (tertiary/aromatic N) is 3. The van der Waals surface area contributed by atoms with Crippen LogP contribution in [-0.2, 0) is 0 Å². The number of hydrogen-bond donors (Lipinski definition) is 0. The van der Waals surface area contributed by atoms with Crippen LogP contribution in [0.4, 0.5) is 0 Å². The lowest BCUT2D eigenvalue weighted by Crippen LogP contribution is -2.18. The van der Waals surface area contributed by atoms with Crippen LogP contribution in [-0.4, -0.2) is 14.4 Å². The van der Waals surface area contributed by atoms with Crippen LogP contribution in [0.3, 0.4) is 0 Å². The number of hydrogen-bond acceptors (Lipinski definition) is 4. The van der Waals surface area contributed by atoms with Crippen LogP contribution in [0.15, 0.2) is 34.6 Å². The van der Waals surface area contributed by atoms with Gasteiger partial charge in [-0.25, -0.2) is 4.98 Å². The minimum Gasteiger partial charge on any atom is -0.269 e. The van der Waals surface area contributed by atoms with Crippen molar-refractivity contribution < 1.29 is 0 Å². The molecule has 0 aliphatic heterocycles. The van der Waals surface area contributed by atoms with Gasteiger partial charge in [0.25, 0.3) is 5.56 Å². The van der Waals surface area contributed by atoms with Gasteiger partial charge in [0.05, 0.1) is 5.69 Å². The maximum Gasteiger partial charge on any atom is 0.261 e. The fourth-order valence-corrected chi connectivity index (χ4v) is 3.65. The highest BCUT2D eigenvalue weighted by Crippen LogP contribution is 2.54. The van der Waals surface area contributed by atoms with Gasteiger partial charge in [-0.15, -0.1) is 11.3 Å². The predicted octanol–water partition coefficient (Wildman–Crippen LogP) is 3.04. The van der Waals surface area contributed by atoms with Crippen LogP contribution in [0, 0.1) is 13.8 Å². The summed E-state index contributed by atoms with van der Waals surface area (Å²) in [5, 5.41) is 1.90. The molecule has 2 atom stereocenters. The van der Waals surface area contributed by atoms with E-state index >= 15 is 0 Å². The molecule has 0 aromatic carbocycles. The van der Waals surface area contributed by atoms with Gasteiger partial charge in [0.1, 0.15) is 0 Å². The van der Waals surface area contributed by atoms with E-state index in [2.05, 4.69) is 11.1 Å². The van der Waals surface area contributed by atoms with E-state index in [4.69, 9.17) is 4.98 Å². The summed E-state index contributed by atoms with van der Waals surface area (Å²) in [5.41, 5.74) is 3.94. The van der Waals surface area contributed by atoms with Crippen molar-refractivity contribution >= 4 is 16.3 Å². The van der Waals surface area contributed by atoms with Crippen molar-refractivity contribution in [2.45, 2.75) is 32.1 Å². The molecule has 5 heteroatoms. The Morgan fingerprint density at radius 1 is 1.24 bits per heavy atom. The maximum atomic E-state index is 12.4. The smallest absolute Gasteiger partial charge is 0.261 e. The first-order chi connectivity index (χ1) is 10.1. The highest BCUT2D eigenvalue weighted by molar-refractivity contribution is 7.15. The molecule has 0 saturated heterocycles. The van der Waals surface area contributed by atoms with E-state index in [9.17, 15) is 4.79 Å². The maximum absolute atomic E-state index is 12.4. The third-order valence-electron chi connectivity index (χ3n) is 4.16. The lowest BCUT2D eigenvalue weighted by Gasteiger charge is -2.05. The molecule has 0 radical (unpaired) electrons. The lowest BCUT2D eigenvalue weighted by atomic mass is 10.1. The van der Waals surface area contributed by atoms with Crippen molar-refractivity contribution in [2.75, 3.05) is 0 Å². The first-order valence-electron chi connectivity index (χ1n) is 7.05. The van der Waals surface area contributed by atoms with Crippen LogP contribution >= 0.6 is 11.3 Å². The van der Waals surface area contributed by atoms with Gasteiger partial charge >= 0.3 is 0 Å². The summed E-state index contributed by atoms with van der Waals surface area (Å²) < 4.78 is 1.63. The van der Waals surface area contributed by atoms with Crippen molar-refractivity contribution in [3.05, 3.63) is 62.8 Å². The monoisotopic (exact) mass is 297 g/mol. The Hall–Kier alpha value is -2.01. The average molecular weight is 297 g/mol. The molecule has 1 aliphatic rings. The highest BCUT2D eigenvalue weighted by atomic mass is 32.1. The third kappa shape index (κ3) is 2.00. The van der Waals surface area contributed by atoms with Gasteiger partial charge in [-0.2, -0.15) is 0 Å². The molecule has 0 N–H and O–H groups in total. The molecule has 0 amide bonds. The summed E-state index contributed by atoms with van der Waals surface area (Å²) >= 11 is 1.51. The van der Waals surface area contributed by atoms with Crippen molar-refractivity contribution in [2.24, 2.45) is 0 Å². The van der Waals surface area contributed by atoms with E-state index in [1.807, 2.05) is 31.4 Å². The first-order valence-corrected chi connectivity index (χ1v) is 7.93. The Kier molecular flexibility index (Phi) is 2.72. The molecule has 3 aromatic rings. The number of pyridine rings is 1. The van der Waals surface area contributed by atoms with Crippen molar-refractivity contribution in [1.29, 1.82) is 0 Å². The molecule has 21 heavy (non-hydrogen) atoms. The average Bonchev–Trinajstić information content (AvgIpc) is 3.13. The van der Waals surface area contributed by atoms with Crippen LogP contribution in [0.2, 0.25) is 0 Å². The van der Waals surface area contributed by atoms with Crippen LogP contribution in [0.25, 0.3) is 4.96 Å². The van der Waals surface area contributed by atoms with Gasteiger partial charge in [-0.3, -0.25) is 14.2 Å². The van der Waals surface area contributed by atoms with Crippen molar-refractivity contribution in [3.63, 3.8) is 0 Å². The van der Waals surface area contributed by atoms with E-state index in [0.29, 0.717) is 11.8 Å².